The lowest BCUT2D eigenvalue weighted by Gasteiger charge is -2.20. The van der Waals surface area contributed by atoms with Crippen molar-refractivity contribution < 1.29 is 5.11 Å². The van der Waals surface area contributed by atoms with Gasteiger partial charge in [0.05, 0.1) is 0 Å². The van der Waals surface area contributed by atoms with E-state index in [1.807, 2.05) is 12.1 Å². The van der Waals surface area contributed by atoms with Gasteiger partial charge < -0.3 is 10.4 Å². The molecule has 0 aliphatic heterocycles. The summed E-state index contributed by atoms with van der Waals surface area (Å²) in [4.78, 5) is 0. The summed E-state index contributed by atoms with van der Waals surface area (Å²) in [5.74, 6) is 0.439. The third-order valence-corrected chi connectivity index (χ3v) is 4.00. The Morgan fingerprint density at radius 1 is 1.11 bits per heavy atom. The molecule has 0 bridgehead atoms. The Hall–Kier alpha value is -1.80. The van der Waals surface area contributed by atoms with E-state index < -0.39 is 0 Å². The van der Waals surface area contributed by atoms with Gasteiger partial charge in [-0.15, -0.1) is 0 Å². The number of benzene rings is 2. The van der Waals surface area contributed by atoms with E-state index in [-0.39, 0.29) is 0 Å². The SMILES string of the molecule is C[C@@H](NC1CCc2c(O)cccc21)c1ccccc1. The predicted octanol–water partition coefficient (Wildman–Crippen LogP) is 3.73. The molecule has 1 aliphatic carbocycles. The van der Waals surface area contributed by atoms with Crippen LogP contribution in [0.2, 0.25) is 0 Å². The van der Waals surface area contributed by atoms with Gasteiger partial charge in [0.15, 0.2) is 0 Å². The third kappa shape index (κ3) is 2.36. The van der Waals surface area contributed by atoms with Gasteiger partial charge in [0.2, 0.25) is 0 Å². The molecular weight excluding hydrogens is 234 g/mol. The first-order chi connectivity index (χ1) is 9.25. The van der Waals surface area contributed by atoms with E-state index >= 15 is 0 Å². The Labute approximate surface area is 114 Å². The van der Waals surface area contributed by atoms with Crippen LogP contribution in [0.4, 0.5) is 0 Å². The Bertz CT molecular complexity index is 565. The molecule has 0 fully saturated rings. The van der Waals surface area contributed by atoms with Gasteiger partial charge in [-0.1, -0.05) is 42.5 Å². The Morgan fingerprint density at radius 2 is 1.89 bits per heavy atom. The van der Waals surface area contributed by atoms with Crippen LogP contribution in [0.5, 0.6) is 5.75 Å². The zero-order valence-electron chi connectivity index (χ0n) is 11.1. The van der Waals surface area contributed by atoms with Gasteiger partial charge in [-0.25, -0.2) is 0 Å². The molecule has 0 saturated carbocycles. The van der Waals surface area contributed by atoms with E-state index in [1.54, 1.807) is 6.07 Å². The molecule has 0 amide bonds. The van der Waals surface area contributed by atoms with Gasteiger partial charge in [-0.05, 0) is 42.5 Å². The molecular formula is C17H19NO. The minimum absolute atomic E-state index is 0.319. The molecule has 19 heavy (non-hydrogen) atoms. The molecule has 1 aliphatic rings. The fourth-order valence-corrected chi connectivity index (χ4v) is 2.95. The summed E-state index contributed by atoms with van der Waals surface area (Å²) in [5, 5.41) is 13.5. The zero-order valence-corrected chi connectivity index (χ0v) is 11.1. The van der Waals surface area contributed by atoms with Crippen molar-refractivity contribution >= 4 is 0 Å². The highest BCUT2D eigenvalue weighted by atomic mass is 16.3. The Kier molecular flexibility index (Phi) is 3.26. The summed E-state index contributed by atoms with van der Waals surface area (Å²) >= 11 is 0. The number of phenolic OH excluding ortho intramolecular Hbond substituents is 1. The summed E-state index contributed by atoms with van der Waals surface area (Å²) < 4.78 is 0. The average molecular weight is 253 g/mol. The number of aromatic hydroxyl groups is 1. The molecule has 2 atom stereocenters. The molecule has 2 N–H and O–H groups in total. The van der Waals surface area contributed by atoms with Crippen LogP contribution in [0.25, 0.3) is 0 Å². The second-order valence-corrected chi connectivity index (χ2v) is 5.24. The second-order valence-electron chi connectivity index (χ2n) is 5.24. The Morgan fingerprint density at radius 3 is 2.68 bits per heavy atom. The highest BCUT2D eigenvalue weighted by Crippen LogP contribution is 2.37. The monoisotopic (exact) mass is 253 g/mol. The topological polar surface area (TPSA) is 32.3 Å². The van der Waals surface area contributed by atoms with Crippen molar-refractivity contribution in [2.45, 2.75) is 31.8 Å². The van der Waals surface area contributed by atoms with E-state index in [1.165, 1.54) is 11.1 Å². The van der Waals surface area contributed by atoms with Gasteiger partial charge >= 0.3 is 0 Å². The highest BCUT2D eigenvalue weighted by Gasteiger charge is 2.25. The lowest BCUT2D eigenvalue weighted by Crippen LogP contribution is -2.22. The van der Waals surface area contributed by atoms with Crippen molar-refractivity contribution in [1.29, 1.82) is 0 Å². The number of fused-ring (bicyclic) bond motifs is 1. The van der Waals surface area contributed by atoms with Crippen LogP contribution in [-0.2, 0) is 6.42 Å². The van der Waals surface area contributed by atoms with Crippen LogP contribution in [0.15, 0.2) is 48.5 Å². The van der Waals surface area contributed by atoms with E-state index in [0.29, 0.717) is 17.8 Å². The molecule has 0 spiro atoms. The number of hydrogen-bond donors (Lipinski definition) is 2. The first-order valence-electron chi connectivity index (χ1n) is 6.87. The molecule has 2 aromatic carbocycles. The summed E-state index contributed by atoms with van der Waals surface area (Å²) in [6, 6.07) is 17.0. The second kappa shape index (κ2) is 5.06. The molecule has 1 unspecified atom stereocenters. The summed E-state index contributed by atoms with van der Waals surface area (Å²) in [6.07, 6.45) is 2.02. The van der Waals surface area contributed by atoms with E-state index in [2.05, 4.69) is 42.6 Å². The minimum Gasteiger partial charge on any atom is -0.508 e. The predicted molar refractivity (Wildman–Crippen MR) is 77.2 cm³/mol. The number of rotatable bonds is 3. The van der Waals surface area contributed by atoms with Crippen molar-refractivity contribution in [2.24, 2.45) is 0 Å². The highest BCUT2D eigenvalue weighted by molar-refractivity contribution is 5.44. The van der Waals surface area contributed by atoms with E-state index in [4.69, 9.17) is 0 Å². The average Bonchev–Trinajstić information content (AvgIpc) is 2.84. The molecule has 0 radical (unpaired) electrons. The maximum absolute atomic E-state index is 9.87. The summed E-state index contributed by atoms with van der Waals surface area (Å²) in [6.45, 7) is 2.19. The lowest BCUT2D eigenvalue weighted by molar-refractivity contribution is 0.465. The molecule has 3 rings (SSSR count). The minimum atomic E-state index is 0.319. The molecule has 0 heterocycles. The molecule has 2 nitrogen and oxygen atoms in total. The standard InChI is InChI=1S/C17H19NO/c1-12(13-6-3-2-4-7-13)18-16-11-10-15-14(16)8-5-9-17(15)19/h2-9,12,16,18-19H,10-11H2,1H3/t12-,16?/m1/s1. The maximum Gasteiger partial charge on any atom is 0.119 e. The van der Waals surface area contributed by atoms with Crippen LogP contribution in [-0.4, -0.2) is 5.11 Å². The number of phenols is 1. The van der Waals surface area contributed by atoms with Crippen molar-refractivity contribution in [1.82, 2.24) is 5.32 Å². The Balaban J connectivity index is 1.78. The molecule has 2 heteroatoms. The van der Waals surface area contributed by atoms with Crippen LogP contribution >= 0.6 is 0 Å². The van der Waals surface area contributed by atoms with Crippen LogP contribution < -0.4 is 5.32 Å². The molecule has 98 valence electrons. The molecule has 2 aromatic rings. The fourth-order valence-electron chi connectivity index (χ4n) is 2.95. The first-order valence-corrected chi connectivity index (χ1v) is 6.87. The lowest BCUT2D eigenvalue weighted by atomic mass is 10.0. The van der Waals surface area contributed by atoms with Gasteiger partial charge in [-0.3, -0.25) is 0 Å². The van der Waals surface area contributed by atoms with Crippen molar-refractivity contribution in [3.8, 4) is 5.75 Å². The maximum atomic E-state index is 9.87. The fraction of sp³-hybridized carbons (Fsp3) is 0.294. The van der Waals surface area contributed by atoms with Crippen molar-refractivity contribution in [2.75, 3.05) is 0 Å². The van der Waals surface area contributed by atoms with Gasteiger partial charge in [0.25, 0.3) is 0 Å². The molecule has 0 saturated heterocycles. The van der Waals surface area contributed by atoms with Gasteiger partial charge in [0, 0.05) is 12.1 Å². The largest absolute Gasteiger partial charge is 0.508 e. The zero-order chi connectivity index (χ0) is 13.2. The summed E-state index contributed by atoms with van der Waals surface area (Å²) in [5.41, 5.74) is 3.67. The quantitative estimate of drug-likeness (QED) is 0.873. The van der Waals surface area contributed by atoms with Crippen LogP contribution in [0.1, 0.15) is 42.1 Å². The van der Waals surface area contributed by atoms with Gasteiger partial charge in [-0.2, -0.15) is 0 Å². The summed E-state index contributed by atoms with van der Waals surface area (Å²) in [7, 11) is 0. The first kappa shape index (κ1) is 12.2. The number of nitrogens with one attached hydrogen (secondary N) is 1. The van der Waals surface area contributed by atoms with Crippen LogP contribution in [0.3, 0.4) is 0 Å². The van der Waals surface area contributed by atoms with Crippen LogP contribution in [0, 0.1) is 0 Å². The molecule has 0 aromatic heterocycles. The smallest absolute Gasteiger partial charge is 0.119 e. The third-order valence-electron chi connectivity index (χ3n) is 4.00. The normalized spacial score (nSPS) is 19.1. The van der Waals surface area contributed by atoms with E-state index in [0.717, 1.165) is 18.4 Å². The number of hydrogen-bond acceptors (Lipinski definition) is 2. The van der Waals surface area contributed by atoms with Crippen molar-refractivity contribution in [3.63, 3.8) is 0 Å². The van der Waals surface area contributed by atoms with Crippen molar-refractivity contribution in [3.05, 3.63) is 65.2 Å². The van der Waals surface area contributed by atoms with E-state index in [9.17, 15) is 5.11 Å². The van der Waals surface area contributed by atoms with Gasteiger partial charge in [0.1, 0.15) is 5.75 Å².